The maximum atomic E-state index is 14.3. The van der Waals surface area contributed by atoms with E-state index < -0.39 is 5.41 Å². The molecule has 4 aromatic rings. The van der Waals surface area contributed by atoms with E-state index in [1.807, 2.05) is 66.7 Å². The van der Waals surface area contributed by atoms with Crippen LogP contribution in [0.4, 0.5) is 5.69 Å². The highest BCUT2D eigenvalue weighted by Gasteiger charge is 2.57. The summed E-state index contributed by atoms with van der Waals surface area (Å²) in [6.07, 6.45) is 0. The maximum absolute atomic E-state index is 14.3. The Morgan fingerprint density at radius 2 is 1.67 bits per heavy atom. The molecule has 8 heteroatoms. The zero-order valence-corrected chi connectivity index (χ0v) is 21.5. The van der Waals surface area contributed by atoms with E-state index >= 15 is 0 Å². The number of ether oxygens (including phenoxy) is 3. The molecule has 1 unspecified atom stereocenters. The van der Waals surface area contributed by atoms with Gasteiger partial charge in [0.25, 0.3) is 5.91 Å². The molecule has 1 spiro atoms. The van der Waals surface area contributed by atoms with Crippen LogP contribution >= 0.6 is 11.6 Å². The third kappa shape index (κ3) is 3.72. The van der Waals surface area contributed by atoms with Crippen LogP contribution < -0.4 is 24.4 Å². The Morgan fingerprint density at radius 1 is 0.872 bits per heavy atom. The van der Waals surface area contributed by atoms with Crippen LogP contribution in [0.1, 0.15) is 32.6 Å². The minimum Gasteiger partial charge on any atom is -0.491 e. The van der Waals surface area contributed by atoms with Crippen LogP contribution in [-0.4, -0.2) is 25.2 Å². The van der Waals surface area contributed by atoms with E-state index in [4.69, 9.17) is 25.8 Å². The lowest BCUT2D eigenvalue weighted by Gasteiger charge is -2.24. The van der Waals surface area contributed by atoms with E-state index in [0.29, 0.717) is 34.4 Å². The van der Waals surface area contributed by atoms with Gasteiger partial charge in [0, 0.05) is 34.4 Å². The fourth-order valence-corrected chi connectivity index (χ4v) is 5.91. The molecule has 39 heavy (non-hydrogen) atoms. The van der Waals surface area contributed by atoms with E-state index in [-0.39, 0.29) is 31.8 Å². The van der Waals surface area contributed by atoms with Crippen molar-refractivity contribution in [2.75, 3.05) is 18.3 Å². The normalized spacial score (nSPS) is 18.2. The Labute approximate surface area is 229 Å². The fourth-order valence-electron chi connectivity index (χ4n) is 5.70. The molecule has 0 radical (unpaired) electrons. The predicted octanol–water partition coefficient (Wildman–Crippen LogP) is 5.22. The molecule has 3 aliphatic heterocycles. The maximum Gasteiger partial charge on any atom is 0.251 e. The summed E-state index contributed by atoms with van der Waals surface area (Å²) in [6.45, 7) is 0.891. The van der Waals surface area contributed by atoms with Gasteiger partial charge in [0.15, 0.2) is 11.5 Å². The molecule has 0 fully saturated rings. The van der Waals surface area contributed by atoms with Gasteiger partial charge in [0.05, 0.1) is 6.54 Å². The first-order chi connectivity index (χ1) is 19.0. The second-order valence-corrected chi connectivity index (χ2v) is 10.2. The van der Waals surface area contributed by atoms with E-state index in [2.05, 4.69) is 5.32 Å². The number of benzene rings is 4. The molecular weight excluding hydrogens is 516 g/mol. The molecule has 4 aromatic carbocycles. The zero-order valence-electron chi connectivity index (χ0n) is 20.8. The molecule has 0 bridgehead atoms. The Hall–Kier alpha value is -4.49. The summed E-state index contributed by atoms with van der Waals surface area (Å²) in [6, 6.07) is 26.1. The van der Waals surface area contributed by atoms with Crippen molar-refractivity contribution in [2.24, 2.45) is 0 Å². The number of rotatable bonds is 5. The first-order valence-corrected chi connectivity index (χ1v) is 13.0. The number of hydrogen-bond donors (Lipinski definition) is 1. The van der Waals surface area contributed by atoms with Gasteiger partial charge in [0.1, 0.15) is 17.8 Å². The summed E-state index contributed by atoms with van der Waals surface area (Å²) >= 11 is 6.09. The van der Waals surface area contributed by atoms with E-state index in [1.165, 1.54) is 0 Å². The monoisotopic (exact) mass is 538 g/mol. The second kappa shape index (κ2) is 9.06. The molecule has 0 aromatic heterocycles. The lowest BCUT2D eigenvalue weighted by Crippen LogP contribution is -2.42. The van der Waals surface area contributed by atoms with Crippen LogP contribution in [0.25, 0.3) is 0 Å². The largest absolute Gasteiger partial charge is 0.491 e. The third-order valence-electron chi connectivity index (χ3n) is 7.58. The average Bonchev–Trinajstić information content (AvgIpc) is 3.63. The van der Waals surface area contributed by atoms with Crippen molar-refractivity contribution in [1.29, 1.82) is 0 Å². The van der Waals surface area contributed by atoms with Crippen molar-refractivity contribution < 1.29 is 23.8 Å². The van der Waals surface area contributed by atoms with Gasteiger partial charge in [0.2, 0.25) is 12.7 Å². The Kier molecular flexibility index (Phi) is 5.49. The number of carbonyl (C=O) groups excluding carboxylic acids is 2. The molecule has 1 N–H and O–H groups in total. The number of anilines is 1. The molecule has 194 valence electrons. The van der Waals surface area contributed by atoms with Gasteiger partial charge in [-0.3, -0.25) is 9.59 Å². The number of nitrogens with one attached hydrogen (secondary N) is 1. The number of amides is 2. The molecule has 0 aliphatic carbocycles. The Balaban J connectivity index is 1.22. The molecule has 7 rings (SSSR count). The minimum absolute atomic E-state index is 0.101. The standard InChI is InChI=1S/C31H23ClN2O5/c32-21-8-5-6-19(12-21)15-33-29(35)22-9-2-1-7-20(22)16-34-25-11-4-3-10-23(25)31(30(34)36)17-37-26-14-28-27(13-24(26)31)38-18-39-28/h1-14H,15-18H2,(H,33,35). The molecule has 3 aliphatic rings. The molecule has 0 saturated heterocycles. The van der Waals surface area contributed by atoms with Gasteiger partial charge in [-0.05, 0) is 47.0 Å². The smallest absolute Gasteiger partial charge is 0.251 e. The van der Waals surface area contributed by atoms with Gasteiger partial charge < -0.3 is 24.4 Å². The lowest BCUT2D eigenvalue weighted by molar-refractivity contribution is -0.122. The van der Waals surface area contributed by atoms with Crippen LogP contribution in [0.2, 0.25) is 5.02 Å². The SMILES string of the molecule is O=C(NCc1cccc(Cl)c1)c1ccccc1CN1C(=O)C2(COc3cc4c(cc32)OCO4)c2ccccc21. The number of nitrogens with zero attached hydrogens (tertiary/aromatic N) is 1. The highest BCUT2D eigenvalue weighted by atomic mass is 35.5. The molecular formula is C31H23ClN2O5. The van der Waals surface area contributed by atoms with Gasteiger partial charge in [-0.25, -0.2) is 0 Å². The molecule has 0 saturated carbocycles. The van der Waals surface area contributed by atoms with Crippen molar-refractivity contribution in [3.63, 3.8) is 0 Å². The Morgan fingerprint density at radius 3 is 2.54 bits per heavy atom. The quantitative estimate of drug-likeness (QED) is 0.377. The molecule has 2 amide bonds. The third-order valence-corrected chi connectivity index (χ3v) is 7.81. The van der Waals surface area contributed by atoms with Crippen molar-refractivity contribution in [3.05, 3.63) is 118 Å². The first-order valence-electron chi connectivity index (χ1n) is 12.6. The summed E-state index contributed by atoms with van der Waals surface area (Å²) in [5.74, 6) is 1.51. The molecule has 3 heterocycles. The average molecular weight is 539 g/mol. The van der Waals surface area contributed by atoms with Crippen molar-refractivity contribution >= 4 is 29.1 Å². The highest BCUT2D eigenvalue weighted by Crippen LogP contribution is 2.55. The first kappa shape index (κ1) is 23.6. The summed E-state index contributed by atoms with van der Waals surface area (Å²) < 4.78 is 17.2. The number of carbonyl (C=O) groups is 2. The summed E-state index contributed by atoms with van der Waals surface area (Å²) in [5.41, 5.74) is 3.58. The Bertz CT molecular complexity index is 1650. The summed E-state index contributed by atoms with van der Waals surface area (Å²) in [4.78, 5) is 29.3. The number of para-hydroxylation sites is 1. The minimum atomic E-state index is -1.00. The van der Waals surface area contributed by atoms with Gasteiger partial charge in [-0.2, -0.15) is 0 Å². The van der Waals surface area contributed by atoms with Crippen molar-refractivity contribution in [1.82, 2.24) is 5.32 Å². The lowest BCUT2D eigenvalue weighted by atomic mass is 9.77. The molecule has 1 atom stereocenters. The second-order valence-electron chi connectivity index (χ2n) is 9.77. The van der Waals surface area contributed by atoms with Crippen molar-refractivity contribution in [3.8, 4) is 17.2 Å². The number of fused-ring (bicyclic) bond motifs is 5. The van der Waals surface area contributed by atoms with E-state index in [1.54, 1.807) is 23.1 Å². The summed E-state index contributed by atoms with van der Waals surface area (Å²) in [7, 11) is 0. The molecule has 7 nitrogen and oxygen atoms in total. The van der Waals surface area contributed by atoms with Crippen LogP contribution in [0.5, 0.6) is 17.2 Å². The van der Waals surface area contributed by atoms with Crippen LogP contribution in [0, 0.1) is 0 Å². The predicted molar refractivity (Wildman–Crippen MR) is 146 cm³/mol. The van der Waals surface area contributed by atoms with Crippen molar-refractivity contribution in [2.45, 2.75) is 18.5 Å². The topological polar surface area (TPSA) is 77.1 Å². The zero-order chi connectivity index (χ0) is 26.6. The van der Waals surface area contributed by atoms with E-state index in [9.17, 15) is 9.59 Å². The van der Waals surface area contributed by atoms with Gasteiger partial charge >= 0.3 is 0 Å². The van der Waals surface area contributed by atoms with E-state index in [0.717, 1.165) is 27.9 Å². The number of hydrogen-bond acceptors (Lipinski definition) is 5. The summed E-state index contributed by atoms with van der Waals surface area (Å²) in [5, 5.41) is 3.59. The van der Waals surface area contributed by atoms with Gasteiger partial charge in [-0.15, -0.1) is 0 Å². The van der Waals surface area contributed by atoms with Crippen LogP contribution in [0.3, 0.4) is 0 Å². The number of halogens is 1. The van der Waals surface area contributed by atoms with Gasteiger partial charge in [-0.1, -0.05) is 60.1 Å². The van der Waals surface area contributed by atoms with Crippen LogP contribution in [-0.2, 0) is 23.3 Å². The van der Waals surface area contributed by atoms with Crippen LogP contribution in [0.15, 0.2) is 84.9 Å². The fraction of sp³-hybridized carbons (Fsp3) is 0.161. The highest BCUT2D eigenvalue weighted by molar-refractivity contribution is 6.30.